The summed E-state index contributed by atoms with van der Waals surface area (Å²) in [5, 5.41) is 32.0. The SMILES string of the molecule is CC[C@H](O)[C@@H](C)[C@H]1O[C@@H]1C[C@@](C)(O)/C=C/C=C(\C)[C@H]1OC(=O)C[C@H](C)CC[C@@](C)(OC)[C@@H](OC(=O)N2CCN(C(=O)OCc3ccc(NC(=O)[C@H](CCCNC(N)=O)NC(=O)[C@@H](NC(=O)CCCCCN4C(=O)CC(SC)C4=O)C(C)C)cc3)CC2)/C=C/[C@@H]1C. The van der Waals surface area contributed by atoms with Crippen LogP contribution in [0.15, 0.2) is 60.2 Å². The van der Waals surface area contributed by atoms with Crippen LogP contribution in [0.5, 0.6) is 0 Å². The standard InChI is InChI=1S/C65H100N8O16S/c1-12-48(74)44(7)57-49(87-57)38-64(8,84)28-16-18-42(5)56-43(6)21-26-51(65(9,85-10)29-27-41(4)36-54(77)89-56)88-63(83)72-34-32-71(33-35-72)62(82)86-39-45-22-24-46(25-23-45)68-58(78)47(19-17-30-67-61(66)81)69-59(79)55(40(2)3)70-52(75)20-14-13-15-31-73-53(76)37-50(90-11)60(73)80/h16,18,21-26,28,40-41,43-44,47-51,55-57,74,84H,12-15,17,19-20,27,29-39H2,1-11H3,(H,68,78)(H,69,79)(H,70,75)(H3,66,67,81)/b26-21+,28-16+,42-18+/t41-,43+,44-,47+,48+,49-,50?,51+,55+,56-,57-,64+,65-/m1/s1. The summed E-state index contributed by atoms with van der Waals surface area (Å²) in [5.41, 5.74) is 4.81. The lowest BCUT2D eigenvalue weighted by atomic mass is 9.86. The van der Waals surface area contributed by atoms with E-state index in [0.717, 1.165) is 5.57 Å². The number of aliphatic hydroxyl groups is 2. The van der Waals surface area contributed by atoms with Crippen molar-refractivity contribution in [2.75, 3.05) is 58.0 Å². The fraction of sp³-hybridized carbons (Fsp3) is 0.677. The summed E-state index contributed by atoms with van der Waals surface area (Å²) < 4.78 is 29.9. The number of cyclic esters (lactones) is 1. The molecule has 4 aliphatic rings. The molecule has 1 aromatic carbocycles. The Hall–Kier alpha value is -6.54. The highest BCUT2D eigenvalue weighted by atomic mass is 32.2. The van der Waals surface area contributed by atoms with Crippen LogP contribution in [0.4, 0.5) is 20.1 Å². The van der Waals surface area contributed by atoms with Gasteiger partial charge in [-0.25, -0.2) is 14.4 Å². The van der Waals surface area contributed by atoms with Crippen LogP contribution in [0, 0.1) is 23.7 Å². The molecule has 5 rings (SSSR count). The van der Waals surface area contributed by atoms with Crippen molar-refractivity contribution in [2.45, 2.75) is 205 Å². The van der Waals surface area contributed by atoms with E-state index in [0.29, 0.717) is 62.7 Å². The molecule has 0 bridgehead atoms. The number of thioether (sulfide) groups is 1. The molecular weight excluding hydrogens is 1180 g/mol. The number of carbonyl (C=O) groups is 9. The topological polar surface area (TPSA) is 327 Å². The van der Waals surface area contributed by atoms with E-state index in [1.165, 1.54) is 26.5 Å². The zero-order valence-electron chi connectivity index (χ0n) is 54.5. The number of epoxide rings is 1. The van der Waals surface area contributed by atoms with E-state index in [9.17, 15) is 53.4 Å². The summed E-state index contributed by atoms with van der Waals surface area (Å²) in [6.07, 6.45) is 11.7. The Balaban J connectivity index is 1.12. The van der Waals surface area contributed by atoms with E-state index in [4.69, 9.17) is 29.4 Å². The third-order valence-corrected chi connectivity index (χ3v) is 18.3. The van der Waals surface area contributed by atoms with Crippen LogP contribution in [0.3, 0.4) is 0 Å². The van der Waals surface area contributed by atoms with E-state index in [-0.39, 0.29) is 136 Å². The van der Waals surface area contributed by atoms with Crippen molar-refractivity contribution in [3.63, 3.8) is 0 Å². The Morgan fingerprint density at radius 2 is 1.61 bits per heavy atom. The maximum Gasteiger partial charge on any atom is 0.410 e. The Bertz CT molecular complexity index is 2700. The second-order valence-electron chi connectivity index (χ2n) is 25.2. The molecule has 0 radical (unpaired) electrons. The highest BCUT2D eigenvalue weighted by Crippen LogP contribution is 2.38. The van der Waals surface area contributed by atoms with E-state index < -0.39 is 71.6 Å². The number of urea groups is 1. The molecule has 1 aromatic rings. The molecule has 3 fully saturated rings. The number of likely N-dealkylation sites (tertiary alicyclic amines) is 1. The minimum Gasteiger partial charge on any atom is -0.457 e. The fourth-order valence-corrected chi connectivity index (χ4v) is 11.9. The first-order valence-electron chi connectivity index (χ1n) is 31.7. The average Bonchev–Trinajstić information content (AvgIpc) is 1.63. The van der Waals surface area contributed by atoms with Gasteiger partial charge in [0.05, 0.1) is 29.2 Å². The number of nitrogens with zero attached hydrogens (tertiary/aromatic N) is 3. The second kappa shape index (κ2) is 35.3. The Morgan fingerprint density at radius 3 is 2.23 bits per heavy atom. The number of hydrogen-bond acceptors (Lipinski definition) is 17. The van der Waals surface area contributed by atoms with Crippen LogP contribution in [-0.4, -0.2) is 190 Å². The van der Waals surface area contributed by atoms with Crippen LogP contribution in [0.1, 0.15) is 145 Å². The van der Waals surface area contributed by atoms with E-state index in [1.54, 1.807) is 76.6 Å². The van der Waals surface area contributed by atoms with Crippen LogP contribution < -0.4 is 27.0 Å². The van der Waals surface area contributed by atoms with E-state index in [1.807, 2.05) is 53.7 Å². The molecule has 25 heteroatoms. The van der Waals surface area contributed by atoms with Gasteiger partial charge in [-0.2, -0.15) is 11.8 Å². The highest BCUT2D eigenvalue weighted by molar-refractivity contribution is 8.00. The number of imide groups is 1. The van der Waals surface area contributed by atoms with Gasteiger partial charge < -0.3 is 70.7 Å². The molecule has 90 heavy (non-hydrogen) atoms. The number of amides is 9. The van der Waals surface area contributed by atoms with Gasteiger partial charge in [-0.15, -0.1) is 0 Å². The van der Waals surface area contributed by atoms with Gasteiger partial charge in [-0.05, 0) is 113 Å². The molecule has 4 heterocycles. The number of primary amides is 1. The van der Waals surface area contributed by atoms with Gasteiger partial charge in [0.2, 0.25) is 29.5 Å². The molecule has 3 saturated heterocycles. The number of nitrogens with two attached hydrogens (primary N) is 1. The lowest BCUT2D eigenvalue weighted by Crippen LogP contribution is -2.54. The predicted octanol–water partition coefficient (Wildman–Crippen LogP) is 6.66. The van der Waals surface area contributed by atoms with Crippen molar-refractivity contribution in [3.05, 3.63) is 65.8 Å². The predicted molar refractivity (Wildman–Crippen MR) is 340 cm³/mol. The van der Waals surface area contributed by atoms with Gasteiger partial charge in [0, 0.05) is 89.6 Å². The number of aliphatic hydroxyl groups excluding tert-OH is 1. The van der Waals surface area contributed by atoms with E-state index >= 15 is 0 Å². The Kier molecular flexibility index (Phi) is 29.1. The quantitative estimate of drug-likeness (QED) is 0.00839. The minimum atomic E-state index is -1.19. The molecule has 4 aliphatic heterocycles. The molecule has 0 aromatic heterocycles. The minimum absolute atomic E-state index is 0.0435. The Morgan fingerprint density at radius 1 is 0.933 bits per heavy atom. The molecule has 502 valence electrons. The maximum atomic E-state index is 14.0. The van der Waals surface area contributed by atoms with Gasteiger partial charge >= 0.3 is 24.2 Å². The maximum absolute atomic E-state index is 14.0. The third kappa shape index (κ3) is 23.0. The fourth-order valence-electron chi connectivity index (χ4n) is 11.2. The highest BCUT2D eigenvalue weighted by Gasteiger charge is 2.47. The molecule has 0 aliphatic carbocycles. The average molecular weight is 1280 g/mol. The number of hydrogen-bond donors (Lipinski definition) is 7. The zero-order valence-corrected chi connectivity index (χ0v) is 55.3. The normalized spacial score (nSPS) is 25.8. The summed E-state index contributed by atoms with van der Waals surface area (Å²) in [6, 6.07) is 3.78. The molecule has 8 N–H and O–H groups in total. The van der Waals surface area contributed by atoms with Crippen LogP contribution >= 0.6 is 11.8 Å². The molecule has 24 nitrogen and oxygen atoms in total. The van der Waals surface area contributed by atoms with Crippen molar-refractivity contribution in [3.8, 4) is 0 Å². The van der Waals surface area contributed by atoms with Crippen LogP contribution in [-0.2, 0) is 59.1 Å². The summed E-state index contributed by atoms with van der Waals surface area (Å²) in [4.78, 5) is 122. The molecule has 1 unspecified atom stereocenters. The van der Waals surface area contributed by atoms with Crippen molar-refractivity contribution in [1.82, 2.24) is 30.7 Å². The first-order chi connectivity index (χ1) is 42.6. The largest absolute Gasteiger partial charge is 0.457 e. The number of piperazine rings is 1. The lowest BCUT2D eigenvalue weighted by Gasteiger charge is -2.38. The second-order valence-corrected chi connectivity index (χ2v) is 26.3. The number of rotatable bonds is 29. The summed E-state index contributed by atoms with van der Waals surface area (Å²) in [6.45, 7) is 17.7. The number of carbonyl (C=O) groups excluding carboxylic acids is 9. The summed E-state index contributed by atoms with van der Waals surface area (Å²) in [5.74, 6) is -3.06. The molecular formula is C65H100N8O16S. The Labute approximate surface area is 534 Å². The third-order valence-electron chi connectivity index (χ3n) is 17.3. The first-order valence-corrected chi connectivity index (χ1v) is 33.0. The van der Waals surface area contributed by atoms with Gasteiger partial charge in [0.25, 0.3) is 0 Å². The smallest absolute Gasteiger partial charge is 0.410 e. The van der Waals surface area contributed by atoms with Crippen molar-refractivity contribution in [2.24, 2.45) is 29.4 Å². The number of allylic oxidation sites excluding steroid dienone is 2. The van der Waals surface area contributed by atoms with Crippen LogP contribution in [0.25, 0.3) is 0 Å². The summed E-state index contributed by atoms with van der Waals surface area (Å²) >= 11 is 1.35. The van der Waals surface area contributed by atoms with Crippen LogP contribution in [0.2, 0.25) is 0 Å². The van der Waals surface area contributed by atoms with Crippen molar-refractivity contribution in [1.29, 1.82) is 0 Å². The number of methoxy groups -OCH3 is 1. The molecule has 0 spiro atoms. The molecule has 9 amide bonds. The number of ether oxygens (including phenoxy) is 5. The van der Waals surface area contributed by atoms with Gasteiger partial charge in [-0.1, -0.05) is 84.4 Å². The summed E-state index contributed by atoms with van der Waals surface area (Å²) in [7, 11) is 1.56. The molecule has 13 atom stereocenters. The van der Waals surface area contributed by atoms with Gasteiger partial charge in [-0.3, -0.25) is 33.7 Å². The number of nitrogens with one attached hydrogen (secondary N) is 4. The zero-order chi connectivity index (χ0) is 66.5. The number of anilines is 1. The lowest BCUT2D eigenvalue weighted by molar-refractivity contribution is -0.150. The van der Waals surface area contributed by atoms with Crippen molar-refractivity contribution >= 4 is 71.2 Å². The van der Waals surface area contributed by atoms with Gasteiger partial charge in [0.15, 0.2) is 6.10 Å². The number of unbranched alkanes of at least 4 members (excludes halogenated alkanes) is 2. The number of esters is 1. The van der Waals surface area contributed by atoms with E-state index in [2.05, 4.69) is 21.3 Å². The van der Waals surface area contributed by atoms with Crippen molar-refractivity contribution < 1.29 is 77.0 Å². The number of benzene rings is 1. The molecule has 0 saturated carbocycles. The van der Waals surface area contributed by atoms with Gasteiger partial charge in [0.1, 0.15) is 30.4 Å². The monoisotopic (exact) mass is 1280 g/mol. The first kappa shape index (κ1) is 74.2.